The number of rotatable bonds is 3. The minimum Gasteiger partial charge on any atom is -0.396 e. The molecule has 3 N–H and O–H groups in total. The van der Waals surface area contributed by atoms with E-state index in [1.165, 1.54) is 5.69 Å². The lowest BCUT2D eigenvalue weighted by molar-refractivity contribution is 0.238. The zero-order valence-corrected chi connectivity index (χ0v) is 11.7. The molecule has 0 spiro atoms. The molecular formula is C13H19BrN2O. The van der Waals surface area contributed by atoms with E-state index in [2.05, 4.69) is 39.0 Å². The van der Waals surface area contributed by atoms with Gasteiger partial charge in [-0.15, -0.1) is 0 Å². The van der Waals surface area contributed by atoms with Crippen LogP contribution in [0.1, 0.15) is 24.9 Å². The minimum absolute atomic E-state index is 0.0594. The van der Waals surface area contributed by atoms with E-state index >= 15 is 0 Å². The van der Waals surface area contributed by atoms with Crippen LogP contribution in [0.25, 0.3) is 0 Å². The van der Waals surface area contributed by atoms with Crippen LogP contribution >= 0.6 is 15.9 Å². The van der Waals surface area contributed by atoms with E-state index < -0.39 is 0 Å². The van der Waals surface area contributed by atoms with E-state index in [-0.39, 0.29) is 12.6 Å². The second-order valence-corrected chi connectivity index (χ2v) is 5.64. The summed E-state index contributed by atoms with van der Waals surface area (Å²) in [6.45, 7) is 4.22. The van der Waals surface area contributed by atoms with Gasteiger partial charge in [-0.2, -0.15) is 0 Å². The highest BCUT2D eigenvalue weighted by Crippen LogP contribution is 2.32. The third kappa shape index (κ3) is 2.81. The Morgan fingerprint density at radius 3 is 2.88 bits per heavy atom. The first kappa shape index (κ1) is 12.9. The summed E-state index contributed by atoms with van der Waals surface area (Å²) in [7, 11) is 0. The Bertz CT molecular complexity index is 395. The Labute approximate surface area is 111 Å². The van der Waals surface area contributed by atoms with E-state index in [4.69, 9.17) is 10.8 Å². The normalized spacial score (nSPS) is 21.9. The number of hydrogen-bond donors (Lipinski definition) is 2. The molecule has 1 heterocycles. The lowest BCUT2D eigenvalue weighted by atomic mass is 10.1. The van der Waals surface area contributed by atoms with E-state index in [1.807, 2.05) is 6.92 Å². The van der Waals surface area contributed by atoms with Crippen LogP contribution in [0.2, 0.25) is 0 Å². The SMILES string of the molecule is C[C@H](N)c1ccc(N2CCC(CO)C2)c(Br)c1. The zero-order chi connectivity index (χ0) is 12.4. The summed E-state index contributed by atoms with van der Waals surface area (Å²) in [6.07, 6.45) is 1.07. The number of anilines is 1. The van der Waals surface area contributed by atoms with Crippen molar-refractivity contribution in [1.82, 2.24) is 0 Å². The highest BCUT2D eigenvalue weighted by Gasteiger charge is 2.23. The van der Waals surface area contributed by atoms with Gasteiger partial charge in [0, 0.05) is 36.1 Å². The first-order valence-electron chi connectivity index (χ1n) is 6.02. The van der Waals surface area contributed by atoms with Gasteiger partial charge in [0.15, 0.2) is 0 Å². The second kappa shape index (κ2) is 5.38. The minimum atomic E-state index is 0.0594. The monoisotopic (exact) mass is 298 g/mol. The molecule has 4 heteroatoms. The summed E-state index contributed by atoms with van der Waals surface area (Å²) in [6, 6.07) is 6.34. The Morgan fingerprint density at radius 2 is 2.35 bits per heavy atom. The number of aliphatic hydroxyl groups excluding tert-OH is 1. The van der Waals surface area contributed by atoms with Gasteiger partial charge in [0.1, 0.15) is 0 Å². The summed E-state index contributed by atoms with van der Waals surface area (Å²) in [5.74, 6) is 0.412. The van der Waals surface area contributed by atoms with Gasteiger partial charge in [-0.05, 0) is 47.0 Å². The van der Waals surface area contributed by atoms with Gasteiger partial charge in [0.2, 0.25) is 0 Å². The van der Waals surface area contributed by atoms with Crippen LogP contribution in [-0.4, -0.2) is 24.8 Å². The number of halogens is 1. The van der Waals surface area contributed by atoms with Crippen LogP contribution in [-0.2, 0) is 0 Å². The smallest absolute Gasteiger partial charge is 0.0510 e. The summed E-state index contributed by atoms with van der Waals surface area (Å²) in [5, 5.41) is 9.16. The van der Waals surface area contributed by atoms with Crippen LogP contribution in [0.5, 0.6) is 0 Å². The third-order valence-electron chi connectivity index (χ3n) is 3.38. The molecule has 1 aliphatic heterocycles. The molecule has 0 amide bonds. The molecule has 1 fully saturated rings. The molecule has 0 radical (unpaired) electrons. The van der Waals surface area contributed by atoms with Crippen molar-refractivity contribution in [3.63, 3.8) is 0 Å². The van der Waals surface area contributed by atoms with Crippen LogP contribution in [0, 0.1) is 5.92 Å². The predicted molar refractivity (Wildman–Crippen MR) is 74.2 cm³/mol. The average Bonchev–Trinajstić information content (AvgIpc) is 2.77. The molecule has 0 bridgehead atoms. The van der Waals surface area contributed by atoms with E-state index in [1.54, 1.807) is 0 Å². The number of aliphatic hydroxyl groups is 1. The van der Waals surface area contributed by atoms with Crippen LogP contribution in [0.3, 0.4) is 0 Å². The second-order valence-electron chi connectivity index (χ2n) is 4.78. The summed E-state index contributed by atoms with van der Waals surface area (Å²) < 4.78 is 1.09. The molecule has 0 saturated carbocycles. The van der Waals surface area contributed by atoms with Gasteiger partial charge in [-0.25, -0.2) is 0 Å². The fourth-order valence-electron chi connectivity index (χ4n) is 2.26. The highest BCUT2D eigenvalue weighted by atomic mass is 79.9. The van der Waals surface area contributed by atoms with Crippen LogP contribution in [0.4, 0.5) is 5.69 Å². The van der Waals surface area contributed by atoms with Crippen molar-refractivity contribution in [3.8, 4) is 0 Å². The van der Waals surface area contributed by atoms with Gasteiger partial charge in [-0.1, -0.05) is 6.07 Å². The van der Waals surface area contributed by atoms with Crippen molar-refractivity contribution in [2.24, 2.45) is 11.7 Å². The molecule has 1 aliphatic rings. The molecule has 3 nitrogen and oxygen atoms in total. The molecule has 0 aromatic heterocycles. The number of hydrogen-bond acceptors (Lipinski definition) is 3. The zero-order valence-electron chi connectivity index (χ0n) is 10.1. The van der Waals surface area contributed by atoms with Crippen molar-refractivity contribution in [3.05, 3.63) is 28.2 Å². The maximum atomic E-state index is 9.16. The van der Waals surface area contributed by atoms with Crippen LogP contribution < -0.4 is 10.6 Å². The standard InChI is InChI=1S/C13H19BrN2O/c1-9(15)11-2-3-13(12(14)6-11)16-5-4-10(7-16)8-17/h2-3,6,9-10,17H,4-5,7-8,15H2,1H3/t9-,10?/m0/s1. The molecule has 17 heavy (non-hydrogen) atoms. The van der Waals surface area contributed by atoms with E-state index in [0.717, 1.165) is 29.5 Å². The molecule has 2 atom stereocenters. The predicted octanol–water partition coefficient (Wildman–Crippen LogP) is 2.29. The molecule has 1 aromatic carbocycles. The van der Waals surface area contributed by atoms with Gasteiger partial charge >= 0.3 is 0 Å². The van der Waals surface area contributed by atoms with Crippen molar-refractivity contribution in [2.45, 2.75) is 19.4 Å². The molecule has 0 aliphatic carbocycles. The van der Waals surface area contributed by atoms with E-state index in [9.17, 15) is 0 Å². The molecule has 94 valence electrons. The fraction of sp³-hybridized carbons (Fsp3) is 0.538. The van der Waals surface area contributed by atoms with E-state index in [0.29, 0.717) is 5.92 Å². The van der Waals surface area contributed by atoms with Gasteiger partial charge in [0.05, 0.1) is 5.69 Å². The number of nitrogens with zero attached hydrogens (tertiary/aromatic N) is 1. The lowest BCUT2D eigenvalue weighted by Gasteiger charge is -2.21. The molecule has 1 unspecified atom stereocenters. The number of benzene rings is 1. The Hall–Kier alpha value is -0.580. The quantitative estimate of drug-likeness (QED) is 0.900. The Morgan fingerprint density at radius 1 is 1.59 bits per heavy atom. The Balaban J connectivity index is 2.17. The fourth-order valence-corrected chi connectivity index (χ4v) is 2.91. The lowest BCUT2D eigenvalue weighted by Crippen LogP contribution is -2.21. The van der Waals surface area contributed by atoms with Gasteiger partial charge in [0.25, 0.3) is 0 Å². The maximum Gasteiger partial charge on any atom is 0.0510 e. The van der Waals surface area contributed by atoms with Gasteiger partial charge < -0.3 is 15.7 Å². The van der Waals surface area contributed by atoms with Crippen molar-refractivity contribution < 1.29 is 5.11 Å². The van der Waals surface area contributed by atoms with Gasteiger partial charge in [-0.3, -0.25) is 0 Å². The first-order valence-corrected chi connectivity index (χ1v) is 6.82. The Kier molecular flexibility index (Phi) is 4.07. The van der Waals surface area contributed by atoms with Crippen molar-refractivity contribution >= 4 is 21.6 Å². The maximum absolute atomic E-state index is 9.16. The summed E-state index contributed by atoms with van der Waals surface area (Å²) in [5.41, 5.74) is 8.20. The van der Waals surface area contributed by atoms with Crippen molar-refractivity contribution in [2.75, 3.05) is 24.6 Å². The molecular weight excluding hydrogens is 280 g/mol. The third-order valence-corrected chi connectivity index (χ3v) is 4.02. The first-order chi connectivity index (χ1) is 8.11. The summed E-state index contributed by atoms with van der Waals surface area (Å²) in [4.78, 5) is 2.32. The molecule has 2 rings (SSSR count). The highest BCUT2D eigenvalue weighted by molar-refractivity contribution is 9.10. The topological polar surface area (TPSA) is 49.5 Å². The molecule has 1 aromatic rings. The molecule has 1 saturated heterocycles. The largest absolute Gasteiger partial charge is 0.396 e. The average molecular weight is 299 g/mol. The summed E-state index contributed by atoms with van der Waals surface area (Å²) >= 11 is 3.61. The van der Waals surface area contributed by atoms with Crippen LogP contribution in [0.15, 0.2) is 22.7 Å². The number of nitrogens with two attached hydrogens (primary N) is 1. The van der Waals surface area contributed by atoms with Crippen molar-refractivity contribution in [1.29, 1.82) is 0 Å².